The highest BCUT2D eigenvalue weighted by Gasteiger charge is 2.51. The van der Waals surface area contributed by atoms with Crippen molar-refractivity contribution in [3.8, 4) is 0 Å². The van der Waals surface area contributed by atoms with Crippen molar-refractivity contribution in [1.82, 2.24) is 10.6 Å². The van der Waals surface area contributed by atoms with Crippen LogP contribution in [0, 0.1) is 0 Å². The number of carboxylic acids is 1. The van der Waals surface area contributed by atoms with Crippen LogP contribution in [0.2, 0.25) is 0 Å². The highest BCUT2D eigenvalue weighted by atomic mass is 31.2. The summed E-state index contributed by atoms with van der Waals surface area (Å²) < 4.78 is 56.7. The second kappa shape index (κ2) is 58.1. The highest BCUT2D eigenvalue weighted by Crippen LogP contribution is 2.42. The van der Waals surface area contributed by atoms with Crippen molar-refractivity contribution < 1.29 is 71.9 Å². The van der Waals surface area contributed by atoms with Gasteiger partial charge in [0.1, 0.15) is 24.4 Å². The Morgan fingerprint density at radius 1 is 0.448 bits per heavy atom. The molecule has 1 rings (SSSR count). The van der Waals surface area contributed by atoms with Crippen LogP contribution in [0.4, 0.5) is 0 Å². The molecule has 1 aliphatic heterocycles. The number of carbonyl (C=O) groups is 3. The van der Waals surface area contributed by atoms with Gasteiger partial charge in [0, 0.05) is 26.4 Å². The van der Waals surface area contributed by atoms with Crippen molar-refractivity contribution in [3.05, 3.63) is 0 Å². The van der Waals surface area contributed by atoms with Gasteiger partial charge >= 0.3 is 13.8 Å². The maximum Gasteiger partial charge on any atom is 0.470 e. The van der Waals surface area contributed by atoms with E-state index in [1.165, 1.54) is 109 Å². The summed E-state index contributed by atoms with van der Waals surface area (Å²) in [7, 11) is -5.29. The van der Waals surface area contributed by atoms with Gasteiger partial charge in [-0.15, -0.1) is 0 Å². The number of carbonyl (C=O) groups excluding carboxylic acids is 2. The highest BCUT2D eigenvalue weighted by molar-refractivity contribution is 7.46. The summed E-state index contributed by atoms with van der Waals surface area (Å²) in [6, 6.07) is -2.91. The normalized spacial score (nSPS) is 18.6. The van der Waals surface area contributed by atoms with E-state index in [9.17, 15) is 38.9 Å². The first-order valence-corrected chi connectivity index (χ1v) is 37.7. The fourth-order valence-corrected chi connectivity index (χ4v) is 12.2. The molecule has 0 spiro atoms. The standard InChI is InChI=1S/C69H135N2O15P/c1-7-13-19-25-28-31-34-37-40-46-58(80-50-43-22-16-10-4)49-53-83-67-65(71-64(74)55-60(82-52-45-24-18-12-6)48-42-39-36-33-30-27-21-15-9-3)69(85-62(56-72)66(67)86-87(77,78)79)84-57-61(68(75)76)70-63(73)54-59(81-51-44-23-17-11-5)47-41-38-35-32-29-26-20-14-8-2/h58-62,65-67,69,72H,7-57H2,1-6H3,(H,70,73)(H,71,74)(H,75,76)(H2,77,78,79)/t58-,59?,60+,61-,62-,65-,66-,67-,69-/m1/s1. The zero-order valence-electron chi connectivity index (χ0n) is 56.5. The summed E-state index contributed by atoms with van der Waals surface area (Å²) in [6.45, 7) is 13.3. The van der Waals surface area contributed by atoms with Gasteiger partial charge in [0.25, 0.3) is 0 Å². The molecule has 0 aromatic heterocycles. The molecule has 516 valence electrons. The Bertz CT molecular complexity index is 1630. The first kappa shape index (κ1) is 83.3. The van der Waals surface area contributed by atoms with Crippen molar-refractivity contribution in [2.24, 2.45) is 0 Å². The number of hydrogen-bond acceptors (Lipinski definition) is 12. The number of unbranched alkanes of at least 4 members (excludes halogenated alkanes) is 33. The number of phosphoric acid groups is 1. The lowest BCUT2D eigenvalue weighted by atomic mass is 9.96. The number of aliphatic hydroxyl groups excluding tert-OH is 1. The molecule has 1 unspecified atom stereocenters. The van der Waals surface area contributed by atoms with Gasteiger partial charge in [-0.1, -0.05) is 273 Å². The maximum atomic E-state index is 14.6. The molecule has 9 atom stereocenters. The Kier molecular flexibility index (Phi) is 55.6. The van der Waals surface area contributed by atoms with E-state index in [1.807, 2.05) is 0 Å². The Morgan fingerprint density at radius 2 is 0.805 bits per heavy atom. The minimum atomic E-state index is -5.29. The Labute approximate surface area is 531 Å². The van der Waals surface area contributed by atoms with Gasteiger partial charge in [-0.05, 0) is 44.9 Å². The molecule has 0 aliphatic carbocycles. The first-order chi connectivity index (χ1) is 42.3. The first-order valence-electron chi connectivity index (χ1n) is 36.2. The van der Waals surface area contributed by atoms with Crippen LogP contribution in [-0.4, -0.2) is 132 Å². The largest absolute Gasteiger partial charge is 0.480 e. The van der Waals surface area contributed by atoms with Crippen molar-refractivity contribution >= 4 is 25.6 Å². The molecule has 0 bridgehead atoms. The average molecular weight is 1260 g/mol. The molecule has 1 aliphatic rings. The fourth-order valence-electron chi connectivity index (χ4n) is 11.6. The van der Waals surface area contributed by atoms with Crippen molar-refractivity contribution in [2.45, 2.75) is 385 Å². The molecule has 87 heavy (non-hydrogen) atoms. The molecule has 17 nitrogen and oxygen atoms in total. The number of ether oxygens (including phenoxy) is 6. The van der Waals surface area contributed by atoms with Gasteiger partial charge in [-0.2, -0.15) is 0 Å². The van der Waals surface area contributed by atoms with Gasteiger partial charge in [0.2, 0.25) is 11.8 Å². The Morgan fingerprint density at radius 3 is 1.18 bits per heavy atom. The molecule has 0 saturated carbocycles. The van der Waals surface area contributed by atoms with E-state index in [0.29, 0.717) is 39.1 Å². The van der Waals surface area contributed by atoms with Gasteiger partial charge in [0.15, 0.2) is 12.3 Å². The second-order valence-electron chi connectivity index (χ2n) is 25.2. The number of nitrogens with one attached hydrogen (secondary N) is 2. The van der Waals surface area contributed by atoms with E-state index < -0.39 is 87.7 Å². The molecule has 2 amide bonds. The van der Waals surface area contributed by atoms with E-state index in [0.717, 1.165) is 148 Å². The fraction of sp³-hybridized carbons (Fsp3) is 0.957. The predicted molar refractivity (Wildman–Crippen MR) is 351 cm³/mol. The number of carboxylic acid groups (broad SMARTS) is 1. The minimum absolute atomic E-state index is 0.0246. The van der Waals surface area contributed by atoms with E-state index in [-0.39, 0.29) is 25.6 Å². The summed E-state index contributed by atoms with van der Waals surface area (Å²) in [5, 5.41) is 27.1. The van der Waals surface area contributed by atoms with E-state index in [2.05, 4.69) is 52.2 Å². The third kappa shape index (κ3) is 46.9. The monoisotopic (exact) mass is 1260 g/mol. The summed E-state index contributed by atoms with van der Waals surface area (Å²) in [6.07, 6.45) is 39.1. The summed E-state index contributed by atoms with van der Waals surface area (Å²) in [5.41, 5.74) is 0. The average Bonchev–Trinajstić information content (AvgIpc) is 3.23. The van der Waals surface area contributed by atoms with Crippen LogP contribution in [-0.2, 0) is 51.9 Å². The number of aliphatic carboxylic acids is 1. The lowest BCUT2D eigenvalue weighted by Gasteiger charge is -2.46. The summed E-state index contributed by atoms with van der Waals surface area (Å²) in [5.74, 6) is -2.35. The van der Waals surface area contributed by atoms with Gasteiger partial charge < -0.3 is 59.1 Å². The number of phosphoric ester groups is 1. The van der Waals surface area contributed by atoms with Crippen LogP contribution < -0.4 is 10.6 Å². The van der Waals surface area contributed by atoms with Crippen molar-refractivity contribution in [2.75, 3.05) is 39.6 Å². The second-order valence-corrected chi connectivity index (χ2v) is 26.4. The van der Waals surface area contributed by atoms with E-state index in [4.69, 9.17) is 32.9 Å². The molecule has 1 heterocycles. The molecule has 1 fully saturated rings. The van der Waals surface area contributed by atoms with Crippen LogP contribution in [0.1, 0.15) is 330 Å². The zero-order chi connectivity index (χ0) is 63.9. The van der Waals surface area contributed by atoms with Crippen LogP contribution in [0.15, 0.2) is 0 Å². The molecule has 0 aromatic carbocycles. The van der Waals surface area contributed by atoms with Crippen LogP contribution in [0.3, 0.4) is 0 Å². The molecular weight excluding hydrogens is 1130 g/mol. The topological polar surface area (TPSA) is 238 Å². The Balaban J connectivity index is 3.59. The van der Waals surface area contributed by atoms with Crippen LogP contribution in [0.5, 0.6) is 0 Å². The molecule has 0 aromatic rings. The molecule has 0 radical (unpaired) electrons. The molecule has 6 N–H and O–H groups in total. The minimum Gasteiger partial charge on any atom is -0.480 e. The van der Waals surface area contributed by atoms with Gasteiger partial charge in [0.05, 0.1) is 44.4 Å². The lowest BCUT2D eigenvalue weighted by molar-refractivity contribution is -0.275. The van der Waals surface area contributed by atoms with Crippen LogP contribution in [0.25, 0.3) is 0 Å². The summed E-state index contributed by atoms with van der Waals surface area (Å²) >= 11 is 0. The number of rotatable bonds is 65. The quantitative estimate of drug-likeness (QED) is 0.0245. The van der Waals surface area contributed by atoms with Gasteiger partial charge in [-0.25, -0.2) is 9.36 Å². The lowest BCUT2D eigenvalue weighted by Crippen LogP contribution is -2.66. The van der Waals surface area contributed by atoms with Crippen molar-refractivity contribution in [1.29, 1.82) is 0 Å². The SMILES string of the molecule is CCCCCCCCCCCC(CC(=O)N[C@H](CO[C@@H]1O[C@H](CO)[C@@H](OP(=O)(O)O)[C@H](OCC[C@@H](CCCCCCCCCCC)OCCCCCC)[C@H]1NC(=O)C[C@H](CCCCCCCCCCC)OCCCCCC)C(=O)O)OCCCCCC. The molecule has 18 heteroatoms. The molecular formula is C69H135N2O15P. The van der Waals surface area contributed by atoms with Crippen molar-refractivity contribution in [3.63, 3.8) is 0 Å². The van der Waals surface area contributed by atoms with E-state index in [1.54, 1.807) is 0 Å². The zero-order valence-corrected chi connectivity index (χ0v) is 57.4. The number of amides is 2. The molecule has 1 saturated heterocycles. The van der Waals surface area contributed by atoms with Gasteiger partial charge in [-0.3, -0.25) is 14.1 Å². The third-order valence-corrected chi connectivity index (χ3v) is 17.5. The maximum absolute atomic E-state index is 14.6. The summed E-state index contributed by atoms with van der Waals surface area (Å²) in [4.78, 5) is 62.2. The van der Waals surface area contributed by atoms with E-state index >= 15 is 0 Å². The number of aliphatic hydroxyl groups is 1. The third-order valence-electron chi connectivity index (χ3n) is 17.0. The number of hydrogen-bond donors (Lipinski definition) is 6. The Hall–Kier alpha value is -1.76. The smallest absolute Gasteiger partial charge is 0.470 e. The predicted octanol–water partition coefficient (Wildman–Crippen LogP) is 16.5. The van der Waals surface area contributed by atoms with Crippen LogP contribution >= 0.6 is 7.82 Å².